The Morgan fingerprint density at radius 1 is 1.22 bits per heavy atom. The Morgan fingerprint density at radius 3 is 2.39 bits per heavy atom. The van der Waals surface area contributed by atoms with Gasteiger partial charge in [0.15, 0.2) is 0 Å². The maximum absolute atomic E-state index is 6.58. The molecule has 1 aliphatic heterocycles. The molecule has 0 amide bonds. The topological polar surface area (TPSA) is 38.5 Å². The second-order valence-corrected chi connectivity index (χ2v) is 6.74. The highest BCUT2D eigenvalue weighted by molar-refractivity contribution is 4.92. The van der Waals surface area contributed by atoms with Gasteiger partial charge < -0.3 is 10.5 Å². The largest absolute Gasteiger partial charge is 0.381 e. The molecule has 0 unspecified atom stereocenters. The molecule has 0 aromatic carbocycles. The number of hydrogen-bond donors (Lipinski definition) is 1. The van der Waals surface area contributed by atoms with Gasteiger partial charge >= 0.3 is 0 Å². The lowest BCUT2D eigenvalue weighted by Gasteiger charge is -2.41. The van der Waals surface area contributed by atoms with Crippen molar-refractivity contribution in [1.29, 1.82) is 0 Å². The van der Waals surface area contributed by atoms with E-state index in [-0.39, 0.29) is 5.54 Å². The summed E-state index contributed by atoms with van der Waals surface area (Å²) in [7, 11) is 0. The van der Waals surface area contributed by atoms with E-state index in [2.05, 4.69) is 18.7 Å². The number of ether oxygens (including phenoxy) is 1. The fourth-order valence-electron chi connectivity index (χ4n) is 3.42. The lowest BCUT2D eigenvalue weighted by atomic mass is 9.89. The smallest absolute Gasteiger partial charge is 0.0484 e. The average molecular weight is 254 g/mol. The van der Waals surface area contributed by atoms with Crippen LogP contribution in [0.15, 0.2) is 0 Å². The summed E-state index contributed by atoms with van der Waals surface area (Å²) in [6.45, 7) is 8.58. The molecular weight excluding hydrogens is 224 g/mol. The van der Waals surface area contributed by atoms with E-state index in [1.165, 1.54) is 32.2 Å². The van der Waals surface area contributed by atoms with Crippen LogP contribution in [0.3, 0.4) is 0 Å². The van der Waals surface area contributed by atoms with Crippen molar-refractivity contribution in [3.63, 3.8) is 0 Å². The monoisotopic (exact) mass is 254 g/mol. The molecule has 1 aliphatic carbocycles. The summed E-state index contributed by atoms with van der Waals surface area (Å²) in [6.07, 6.45) is 7.60. The maximum Gasteiger partial charge on any atom is 0.0484 e. The third-order valence-corrected chi connectivity index (χ3v) is 4.45. The van der Waals surface area contributed by atoms with Crippen molar-refractivity contribution in [2.75, 3.05) is 26.3 Å². The van der Waals surface area contributed by atoms with Gasteiger partial charge in [0, 0.05) is 37.9 Å². The first-order chi connectivity index (χ1) is 8.59. The zero-order valence-electron chi connectivity index (χ0n) is 12.2. The first-order valence-electron chi connectivity index (χ1n) is 7.70. The summed E-state index contributed by atoms with van der Waals surface area (Å²) in [5, 5.41) is 0. The third-order valence-electron chi connectivity index (χ3n) is 4.45. The van der Waals surface area contributed by atoms with Crippen LogP contribution < -0.4 is 5.73 Å². The van der Waals surface area contributed by atoms with Crippen LogP contribution in [0.25, 0.3) is 0 Å². The molecule has 2 fully saturated rings. The highest BCUT2D eigenvalue weighted by atomic mass is 16.5. The third kappa shape index (κ3) is 3.94. The molecule has 0 radical (unpaired) electrons. The summed E-state index contributed by atoms with van der Waals surface area (Å²) >= 11 is 0. The first kappa shape index (κ1) is 14.3. The molecule has 18 heavy (non-hydrogen) atoms. The predicted octanol–water partition coefficient (Wildman–Crippen LogP) is 2.39. The van der Waals surface area contributed by atoms with Gasteiger partial charge in [-0.2, -0.15) is 0 Å². The van der Waals surface area contributed by atoms with Gasteiger partial charge in [0.25, 0.3) is 0 Å². The van der Waals surface area contributed by atoms with Crippen molar-refractivity contribution < 1.29 is 4.74 Å². The summed E-state index contributed by atoms with van der Waals surface area (Å²) < 4.78 is 5.45. The second-order valence-electron chi connectivity index (χ2n) is 6.74. The molecular formula is C15H30N2O. The molecule has 0 atom stereocenters. The van der Waals surface area contributed by atoms with E-state index < -0.39 is 0 Å². The minimum Gasteiger partial charge on any atom is -0.381 e. The van der Waals surface area contributed by atoms with Gasteiger partial charge in [-0.1, -0.05) is 26.7 Å². The van der Waals surface area contributed by atoms with Crippen molar-refractivity contribution in [3.8, 4) is 0 Å². The minimum atomic E-state index is -0.00424. The van der Waals surface area contributed by atoms with Crippen LogP contribution in [-0.4, -0.2) is 42.8 Å². The predicted molar refractivity (Wildman–Crippen MR) is 75.6 cm³/mol. The van der Waals surface area contributed by atoms with Crippen molar-refractivity contribution in [2.24, 2.45) is 11.7 Å². The lowest BCUT2D eigenvalue weighted by molar-refractivity contribution is 0.0280. The minimum absolute atomic E-state index is 0.00424. The second kappa shape index (κ2) is 6.36. The standard InChI is InChI=1S/C15H30N2O/c1-13(2)11-17(14-5-3-4-6-14)12-15(16)7-9-18-10-8-15/h13-14H,3-12,16H2,1-2H3. The van der Waals surface area contributed by atoms with Crippen molar-refractivity contribution in [3.05, 3.63) is 0 Å². The normalized spacial score (nSPS) is 25.2. The van der Waals surface area contributed by atoms with E-state index >= 15 is 0 Å². The van der Waals surface area contributed by atoms with Gasteiger partial charge in [-0.05, 0) is 31.6 Å². The fourth-order valence-corrected chi connectivity index (χ4v) is 3.42. The Balaban J connectivity index is 1.94. The van der Waals surface area contributed by atoms with E-state index in [4.69, 9.17) is 10.5 Å². The molecule has 106 valence electrons. The molecule has 1 heterocycles. The van der Waals surface area contributed by atoms with Gasteiger partial charge in [-0.3, -0.25) is 4.90 Å². The van der Waals surface area contributed by atoms with E-state index in [0.29, 0.717) is 0 Å². The molecule has 0 spiro atoms. The maximum atomic E-state index is 6.58. The van der Waals surface area contributed by atoms with E-state index in [1.54, 1.807) is 0 Å². The molecule has 3 heteroatoms. The molecule has 0 aromatic heterocycles. The van der Waals surface area contributed by atoms with Gasteiger partial charge in [-0.15, -0.1) is 0 Å². The number of nitrogens with zero attached hydrogens (tertiary/aromatic N) is 1. The van der Waals surface area contributed by atoms with Gasteiger partial charge in [0.1, 0.15) is 0 Å². The fraction of sp³-hybridized carbons (Fsp3) is 1.00. The molecule has 3 nitrogen and oxygen atoms in total. The Labute approximate surface area is 112 Å². The van der Waals surface area contributed by atoms with Crippen molar-refractivity contribution >= 4 is 0 Å². The van der Waals surface area contributed by atoms with Crippen LogP contribution in [0.5, 0.6) is 0 Å². The summed E-state index contributed by atoms with van der Waals surface area (Å²) in [5.41, 5.74) is 6.58. The van der Waals surface area contributed by atoms with Gasteiger partial charge in [-0.25, -0.2) is 0 Å². The summed E-state index contributed by atoms with van der Waals surface area (Å²) in [4.78, 5) is 2.68. The Hall–Kier alpha value is -0.120. The zero-order valence-corrected chi connectivity index (χ0v) is 12.2. The zero-order chi connectivity index (χ0) is 13.0. The van der Waals surface area contributed by atoms with E-state index in [9.17, 15) is 0 Å². The van der Waals surface area contributed by atoms with Crippen LogP contribution >= 0.6 is 0 Å². The lowest BCUT2D eigenvalue weighted by Crippen LogP contribution is -2.55. The summed E-state index contributed by atoms with van der Waals surface area (Å²) in [6, 6.07) is 0.788. The van der Waals surface area contributed by atoms with Crippen LogP contribution in [0.2, 0.25) is 0 Å². The molecule has 0 aromatic rings. The molecule has 0 bridgehead atoms. The van der Waals surface area contributed by atoms with Gasteiger partial charge in [0.05, 0.1) is 0 Å². The SMILES string of the molecule is CC(C)CN(CC1(N)CCOCC1)C1CCCC1. The van der Waals surface area contributed by atoms with E-state index in [1.807, 2.05) is 0 Å². The number of hydrogen-bond acceptors (Lipinski definition) is 3. The van der Waals surface area contributed by atoms with Crippen LogP contribution in [-0.2, 0) is 4.74 Å². The Bertz CT molecular complexity index is 243. The first-order valence-corrected chi connectivity index (χ1v) is 7.70. The van der Waals surface area contributed by atoms with Gasteiger partial charge in [0.2, 0.25) is 0 Å². The molecule has 1 saturated heterocycles. The van der Waals surface area contributed by atoms with E-state index in [0.717, 1.165) is 44.6 Å². The number of rotatable bonds is 5. The quantitative estimate of drug-likeness (QED) is 0.819. The highest BCUT2D eigenvalue weighted by Crippen LogP contribution is 2.27. The van der Waals surface area contributed by atoms with Crippen LogP contribution in [0.4, 0.5) is 0 Å². The summed E-state index contributed by atoms with van der Waals surface area (Å²) in [5.74, 6) is 0.731. The van der Waals surface area contributed by atoms with Crippen LogP contribution in [0, 0.1) is 5.92 Å². The molecule has 2 aliphatic rings. The Kier molecular flexibility index (Phi) is 5.05. The molecule has 2 rings (SSSR count). The molecule has 2 N–H and O–H groups in total. The van der Waals surface area contributed by atoms with Crippen molar-refractivity contribution in [1.82, 2.24) is 4.90 Å². The van der Waals surface area contributed by atoms with Crippen LogP contribution in [0.1, 0.15) is 52.4 Å². The Morgan fingerprint density at radius 2 is 1.83 bits per heavy atom. The van der Waals surface area contributed by atoms with Crippen molar-refractivity contribution in [2.45, 2.75) is 64.0 Å². The highest BCUT2D eigenvalue weighted by Gasteiger charge is 2.33. The molecule has 1 saturated carbocycles. The average Bonchev–Trinajstić information content (AvgIpc) is 2.81. The number of nitrogens with two attached hydrogens (primary N) is 1.